The topological polar surface area (TPSA) is 88.9 Å². The van der Waals surface area contributed by atoms with Crippen LogP contribution in [0.5, 0.6) is 5.75 Å². The molecular weight excluding hydrogens is 477 g/mol. The van der Waals surface area contributed by atoms with E-state index in [0.29, 0.717) is 41.3 Å². The van der Waals surface area contributed by atoms with Crippen molar-refractivity contribution in [3.8, 4) is 11.4 Å². The molecule has 38 heavy (non-hydrogen) atoms. The fraction of sp³-hybridized carbons (Fsp3) is 0.407. The van der Waals surface area contributed by atoms with Gasteiger partial charge in [0.25, 0.3) is 5.91 Å². The van der Waals surface area contributed by atoms with Crippen molar-refractivity contribution in [3.05, 3.63) is 65.5 Å². The molecule has 0 saturated carbocycles. The van der Waals surface area contributed by atoms with E-state index in [4.69, 9.17) is 33.0 Å². The molecule has 11 heteroatoms. The fourth-order valence-electron chi connectivity index (χ4n) is 4.76. The number of carbonyl (C=O) groups excluding carboxylic acids is 1. The molecule has 2 aromatic carbocycles. The zero-order valence-corrected chi connectivity index (χ0v) is 21.8. The molecule has 0 spiro atoms. The average Bonchev–Trinajstić information content (AvgIpc) is 3.27. The van der Waals surface area contributed by atoms with Crippen LogP contribution in [0.4, 0.5) is 5.69 Å². The first kappa shape index (κ1) is 28.0. The number of aliphatic hydroxyl groups excluding tert-OH is 1. The van der Waals surface area contributed by atoms with E-state index in [1.54, 1.807) is 43.1 Å². The summed E-state index contributed by atoms with van der Waals surface area (Å²) in [5.41, 5.74) is 3.91. The number of nitrogens with zero attached hydrogens (tertiary/aromatic N) is 3. The Labute approximate surface area is 227 Å². The number of piperidine rings is 1. The lowest BCUT2D eigenvalue weighted by Crippen LogP contribution is -2.41. The van der Waals surface area contributed by atoms with E-state index in [2.05, 4.69) is 15.3 Å². The number of ether oxygens (including phenoxy) is 2. The molecule has 4 rings (SSSR count). The van der Waals surface area contributed by atoms with Gasteiger partial charge in [0.15, 0.2) is 0 Å². The summed E-state index contributed by atoms with van der Waals surface area (Å²) >= 11 is 0. The van der Waals surface area contributed by atoms with Gasteiger partial charge in [-0.2, -0.15) is 5.10 Å². The Balaban J connectivity index is 1.48. The summed E-state index contributed by atoms with van der Waals surface area (Å²) < 4.78 is 12.5. The van der Waals surface area contributed by atoms with Crippen LogP contribution in [0, 0.1) is 12.8 Å². The number of nitrogens with one attached hydrogen (secondary N) is 1. The van der Waals surface area contributed by atoms with Crippen molar-refractivity contribution in [1.29, 1.82) is 0 Å². The maximum atomic E-state index is 13.1. The number of aryl methyl sites for hydroxylation is 1. The van der Waals surface area contributed by atoms with Gasteiger partial charge in [0.2, 0.25) is 0 Å². The Morgan fingerprint density at radius 2 is 2.00 bits per heavy atom. The van der Waals surface area contributed by atoms with E-state index in [0.717, 1.165) is 37.2 Å². The maximum absolute atomic E-state index is 13.1. The predicted octanol–water partition coefficient (Wildman–Crippen LogP) is 1.45. The molecule has 6 radical (unpaired) electrons. The highest BCUT2D eigenvalue weighted by Crippen LogP contribution is 2.29. The minimum atomic E-state index is -1.02. The molecule has 3 aromatic rings. The molecule has 192 valence electrons. The molecule has 2 heterocycles. The van der Waals surface area contributed by atoms with Crippen molar-refractivity contribution < 1.29 is 19.4 Å². The highest BCUT2D eigenvalue weighted by molar-refractivity contribution is 6.34. The summed E-state index contributed by atoms with van der Waals surface area (Å²) in [6.07, 6.45) is 3.12. The molecule has 0 bridgehead atoms. The lowest BCUT2D eigenvalue weighted by Gasteiger charge is -2.35. The van der Waals surface area contributed by atoms with Crippen LogP contribution in [0.2, 0.25) is 0 Å². The lowest BCUT2D eigenvalue weighted by molar-refractivity contribution is -0.00359. The van der Waals surface area contributed by atoms with Crippen molar-refractivity contribution in [2.75, 3.05) is 32.1 Å². The Morgan fingerprint density at radius 1 is 1.24 bits per heavy atom. The molecule has 1 fully saturated rings. The van der Waals surface area contributed by atoms with Crippen molar-refractivity contribution in [1.82, 2.24) is 14.7 Å². The second-order valence-corrected chi connectivity index (χ2v) is 9.68. The Kier molecular flexibility index (Phi) is 9.36. The van der Waals surface area contributed by atoms with Gasteiger partial charge in [-0.25, -0.2) is 4.68 Å². The Morgan fingerprint density at radius 3 is 2.71 bits per heavy atom. The molecule has 1 saturated heterocycles. The number of aromatic nitrogens is 2. The highest BCUT2D eigenvalue weighted by Gasteiger charge is 2.26. The zero-order chi connectivity index (χ0) is 27.2. The van der Waals surface area contributed by atoms with E-state index in [9.17, 15) is 9.90 Å². The lowest BCUT2D eigenvalue weighted by atomic mass is 9.82. The number of rotatable bonds is 10. The summed E-state index contributed by atoms with van der Waals surface area (Å²) in [4.78, 5) is 15.4. The smallest absolute Gasteiger partial charge is 0.259 e. The second-order valence-electron chi connectivity index (χ2n) is 9.68. The van der Waals surface area contributed by atoms with E-state index >= 15 is 0 Å². The van der Waals surface area contributed by atoms with Crippen molar-refractivity contribution in [2.45, 2.75) is 38.3 Å². The first-order valence-electron chi connectivity index (χ1n) is 12.7. The van der Waals surface area contributed by atoms with E-state index in [-0.39, 0.29) is 11.8 Å². The molecule has 0 aliphatic carbocycles. The zero-order valence-electron chi connectivity index (χ0n) is 21.8. The Bertz CT molecular complexity index is 1240. The number of hydrogen-bond donors (Lipinski definition) is 2. The van der Waals surface area contributed by atoms with Gasteiger partial charge in [-0.05, 0) is 50.4 Å². The van der Waals surface area contributed by atoms with Crippen LogP contribution >= 0.6 is 0 Å². The van der Waals surface area contributed by atoms with Gasteiger partial charge < -0.3 is 19.9 Å². The van der Waals surface area contributed by atoms with Gasteiger partial charge in [-0.15, -0.1) is 0 Å². The molecule has 2 atom stereocenters. The summed E-state index contributed by atoms with van der Waals surface area (Å²) in [7, 11) is 18.8. The summed E-state index contributed by atoms with van der Waals surface area (Å²) in [5.74, 6) is -0.684. The number of hydrogen-bond acceptors (Lipinski definition) is 6. The van der Waals surface area contributed by atoms with Crippen molar-refractivity contribution >= 4 is 40.6 Å². The van der Waals surface area contributed by atoms with Gasteiger partial charge in [0.05, 0.1) is 29.7 Å². The highest BCUT2D eigenvalue weighted by atomic mass is 16.5. The average molecular weight is 508 g/mol. The number of likely N-dealkylation sites (tertiary alicyclic amines) is 1. The second kappa shape index (κ2) is 12.7. The normalized spacial score (nSPS) is 16.9. The largest absolute Gasteiger partial charge is 0.509 e. The van der Waals surface area contributed by atoms with Gasteiger partial charge in [0, 0.05) is 49.6 Å². The van der Waals surface area contributed by atoms with E-state index in [1.165, 1.54) is 0 Å². The minimum Gasteiger partial charge on any atom is -0.509 e. The van der Waals surface area contributed by atoms with Crippen LogP contribution in [-0.2, 0) is 11.3 Å². The number of aliphatic hydroxyl groups is 1. The quantitative estimate of drug-likeness (QED) is 0.404. The van der Waals surface area contributed by atoms with Crippen LogP contribution in [-0.4, -0.2) is 88.0 Å². The summed E-state index contributed by atoms with van der Waals surface area (Å²) in [6.45, 7) is 4.35. The van der Waals surface area contributed by atoms with Crippen molar-refractivity contribution in [2.24, 2.45) is 5.92 Å². The third-order valence-electron chi connectivity index (χ3n) is 6.71. The monoisotopic (exact) mass is 508 g/mol. The van der Waals surface area contributed by atoms with E-state index < -0.39 is 12.0 Å². The first-order chi connectivity index (χ1) is 18.2. The maximum Gasteiger partial charge on any atom is 0.259 e. The standard InChI is InChI=1S/C27H31B3N4O4/c1-17-23(15-34(32-17)22-9-6-20(28)7-10-22)26(36)31-21-8-5-19(25(12-21)38-27(29)30)14-33-11-3-4-18(13-33)24(35)16-37-2/h5-10,12,15,18,24,27,35H,3-4,11,13-14,16H2,1-2H3,(H,31,36). The summed E-state index contributed by atoms with van der Waals surface area (Å²) in [5, 5.41) is 17.8. The molecular formula is C27H31B3N4O4. The summed E-state index contributed by atoms with van der Waals surface area (Å²) in [6, 6.07) is 12.7. The number of carbonyl (C=O) groups is 1. The van der Waals surface area contributed by atoms with Crippen LogP contribution in [0.25, 0.3) is 5.69 Å². The first-order valence-corrected chi connectivity index (χ1v) is 12.7. The van der Waals surface area contributed by atoms with Crippen LogP contribution in [0.3, 0.4) is 0 Å². The van der Waals surface area contributed by atoms with Gasteiger partial charge >= 0.3 is 0 Å². The molecule has 1 amide bonds. The fourth-order valence-corrected chi connectivity index (χ4v) is 4.76. The molecule has 2 unspecified atom stereocenters. The molecule has 2 N–H and O–H groups in total. The number of methoxy groups -OCH3 is 1. The third-order valence-corrected chi connectivity index (χ3v) is 6.71. The molecule has 1 aliphatic rings. The van der Waals surface area contributed by atoms with Gasteiger partial charge in [-0.1, -0.05) is 23.7 Å². The van der Waals surface area contributed by atoms with Gasteiger partial charge in [-0.3, -0.25) is 9.69 Å². The number of benzene rings is 2. The van der Waals surface area contributed by atoms with Crippen LogP contribution < -0.4 is 15.5 Å². The Hall–Kier alpha value is -3.01. The minimum absolute atomic E-state index is 0.140. The number of anilines is 1. The molecule has 8 nitrogen and oxygen atoms in total. The third kappa shape index (κ3) is 7.10. The number of amides is 1. The predicted molar refractivity (Wildman–Crippen MR) is 150 cm³/mol. The van der Waals surface area contributed by atoms with Gasteiger partial charge in [0.1, 0.15) is 29.3 Å². The SMILES string of the molecule is [B]c1ccc(-n2cc(C(=O)Nc3ccc(CN4CCCC(C(O)COC)C4)c(OC([B])[B])c3)c(C)n2)cc1. The van der Waals surface area contributed by atoms with Crippen LogP contribution in [0.15, 0.2) is 48.7 Å². The van der Waals surface area contributed by atoms with Crippen molar-refractivity contribution in [3.63, 3.8) is 0 Å². The molecule has 1 aromatic heterocycles. The van der Waals surface area contributed by atoms with E-state index in [1.807, 2.05) is 24.3 Å². The molecule has 1 aliphatic heterocycles. The van der Waals surface area contributed by atoms with Crippen LogP contribution in [0.1, 0.15) is 34.5 Å².